The van der Waals surface area contributed by atoms with E-state index >= 15 is 8.78 Å². The Morgan fingerprint density at radius 2 is 1.07 bits per heavy atom. The maximum Gasteiger partial charge on any atom is 0.524 e. The van der Waals surface area contributed by atoms with Crippen LogP contribution in [0.15, 0.2) is 106 Å². The van der Waals surface area contributed by atoms with Gasteiger partial charge in [0.05, 0.1) is 7.11 Å². The molecule has 5 nitrogen and oxygen atoms in total. The highest BCUT2D eigenvalue weighted by atomic mass is 32.3. The minimum Gasteiger partial charge on any atom is -0.437 e. The van der Waals surface area contributed by atoms with Crippen molar-refractivity contribution in [1.29, 1.82) is 0 Å². The number of methoxy groups -OCH3 is 1. The largest absolute Gasteiger partial charge is 0.524 e. The fourth-order valence-corrected chi connectivity index (χ4v) is 8.89. The maximum atomic E-state index is 16.2. The summed E-state index contributed by atoms with van der Waals surface area (Å²) in [5.41, 5.74) is 0. The van der Waals surface area contributed by atoms with E-state index in [0.717, 1.165) is 7.11 Å². The summed E-state index contributed by atoms with van der Waals surface area (Å²) in [4.78, 5) is 11.7. The molecule has 3 rings (SSSR count). The van der Waals surface area contributed by atoms with Crippen LogP contribution in [0.1, 0.15) is 0 Å². The average Bonchev–Trinajstić information content (AvgIpc) is 2.76. The highest BCUT2D eigenvalue weighted by Gasteiger charge is 2.64. The fraction of sp³-hybridized carbons (Fsp3) is 0.0952. The molecule has 0 amide bonds. The summed E-state index contributed by atoms with van der Waals surface area (Å²) < 4.78 is 61.6. The lowest BCUT2D eigenvalue weighted by Gasteiger charge is -2.45. The number of alkyl halides is 2. The number of halogens is 2. The van der Waals surface area contributed by atoms with E-state index in [0.29, 0.717) is 0 Å². The minimum atomic E-state index is -5.74. The van der Waals surface area contributed by atoms with E-state index in [1.165, 1.54) is 36.4 Å². The van der Waals surface area contributed by atoms with Crippen LogP contribution >= 0.6 is 10.0 Å². The number of hydrogen-bond donors (Lipinski definition) is 0. The molecule has 0 saturated heterocycles. The van der Waals surface area contributed by atoms with Crippen LogP contribution in [0.25, 0.3) is 0 Å². The van der Waals surface area contributed by atoms with E-state index in [4.69, 9.17) is 0 Å². The Labute approximate surface area is 174 Å². The van der Waals surface area contributed by atoms with Gasteiger partial charge in [0.2, 0.25) is 0 Å². The standard InChI is InChI=1S/C21H18F2O5S2/c1-27-20(24)28-30(25,26)21(22,23)29(17-11-5-2-6-12-17,18-13-7-3-8-14-18)19-15-9-4-10-16-19/h2-16H,1H3. The SMILES string of the molecule is COC(=O)OS(=O)(=O)C(F)(F)S(c1ccccc1)(c1ccccc1)c1ccccc1. The van der Waals surface area contributed by atoms with Crippen LogP contribution in [0.3, 0.4) is 0 Å². The third-order valence-corrected chi connectivity index (χ3v) is 10.2. The number of carbonyl (C=O) groups excluding carboxylic acids is 1. The molecule has 0 unspecified atom stereocenters. The first-order chi connectivity index (χ1) is 14.3. The molecule has 3 aromatic rings. The summed E-state index contributed by atoms with van der Waals surface area (Å²) in [6.07, 6.45) is -1.74. The fourth-order valence-electron chi connectivity index (χ4n) is 3.02. The molecule has 0 spiro atoms. The summed E-state index contributed by atoms with van der Waals surface area (Å²) in [6, 6.07) is 22.9. The van der Waals surface area contributed by atoms with Gasteiger partial charge in [-0.2, -0.15) is 17.2 Å². The molecule has 158 valence electrons. The van der Waals surface area contributed by atoms with E-state index in [9.17, 15) is 13.2 Å². The van der Waals surface area contributed by atoms with Crippen LogP contribution in [-0.4, -0.2) is 26.3 Å². The molecule has 0 fully saturated rings. The molecule has 0 bridgehead atoms. The van der Waals surface area contributed by atoms with E-state index in [1.54, 1.807) is 54.6 Å². The van der Waals surface area contributed by atoms with Gasteiger partial charge in [-0.1, -0.05) is 64.6 Å². The summed E-state index contributed by atoms with van der Waals surface area (Å²) in [5, 5.41) is 0. The molecule has 0 atom stereocenters. The van der Waals surface area contributed by atoms with Crippen LogP contribution in [0.4, 0.5) is 13.6 Å². The van der Waals surface area contributed by atoms with Crippen molar-refractivity contribution in [2.45, 2.75) is 19.3 Å². The van der Waals surface area contributed by atoms with Crippen molar-refractivity contribution in [2.75, 3.05) is 7.11 Å². The van der Waals surface area contributed by atoms with Crippen molar-refractivity contribution in [3.8, 4) is 0 Å². The zero-order valence-electron chi connectivity index (χ0n) is 15.8. The lowest BCUT2D eigenvalue weighted by Crippen LogP contribution is -2.38. The van der Waals surface area contributed by atoms with Gasteiger partial charge in [-0.05, 0) is 36.4 Å². The first-order valence-electron chi connectivity index (χ1n) is 8.65. The Balaban J connectivity index is 2.44. The molecule has 0 aliphatic heterocycles. The van der Waals surface area contributed by atoms with Crippen molar-refractivity contribution in [3.63, 3.8) is 0 Å². The minimum absolute atomic E-state index is 0.0874. The third kappa shape index (κ3) is 3.54. The molecule has 0 aliphatic rings. The predicted octanol–water partition coefficient (Wildman–Crippen LogP) is 5.63. The van der Waals surface area contributed by atoms with E-state index in [2.05, 4.69) is 8.92 Å². The molecule has 30 heavy (non-hydrogen) atoms. The number of benzene rings is 3. The van der Waals surface area contributed by atoms with Gasteiger partial charge in [0, 0.05) is 14.7 Å². The van der Waals surface area contributed by atoms with Gasteiger partial charge in [-0.25, -0.2) is 4.79 Å². The zero-order chi connectivity index (χ0) is 21.8. The number of carbonyl (C=O) groups is 1. The van der Waals surface area contributed by atoms with Crippen LogP contribution in [0.5, 0.6) is 0 Å². The van der Waals surface area contributed by atoms with E-state index in [1.807, 2.05) is 0 Å². The molecule has 0 saturated carbocycles. The monoisotopic (exact) mass is 452 g/mol. The Hall–Kier alpha value is -2.91. The van der Waals surface area contributed by atoms with Crippen LogP contribution < -0.4 is 0 Å². The van der Waals surface area contributed by atoms with Gasteiger partial charge in [0.25, 0.3) is 0 Å². The Morgan fingerprint density at radius 3 is 1.37 bits per heavy atom. The predicted molar refractivity (Wildman–Crippen MR) is 109 cm³/mol. The second kappa shape index (κ2) is 8.45. The second-order valence-electron chi connectivity index (χ2n) is 6.01. The Kier molecular flexibility index (Phi) is 6.14. The highest BCUT2D eigenvalue weighted by molar-refractivity contribution is 8.39. The molecule has 0 aromatic heterocycles. The number of rotatable bonds is 6. The van der Waals surface area contributed by atoms with Gasteiger partial charge in [0.15, 0.2) is 0 Å². The zero-order valence-corrected chi connectivity index (χ0v) is 17.4. The smallest absolute Gasteiger partial charge is 0.437 e. The van der Waals surface area contributed by atoms with Crippen molar-refractivity contribution < 1.29 is 30.9 Å². The number of ether oxygens (including phenoxy) is 1. The van der Waals surface area contributed by atoms with Gasteiger partial charge < -0.3 is 8.92 Å². The molecular weight excluding hydrogens is 434 g/mol. The summed E-state index contributed by atoms with van der Waals surface area (Å²) >= 11 is 0. The van der Waals surface area contributed by atoms with Gasteiger partial charge in [-0.15, -0.1) is 0 Å². The topological polar surface area (TPSA) is 69.7 Å². The summed E-state index contributed by atoms with van der Waals surface area (Å²) in [6.45, 7) is 0. The molecular formula is C21H18F2O5S2. The quantitative estimate of drug-likeness (QED) is 0.358. The average molecular weight is 453 g/mol. The third-order valence-electron chi connectivity index (χ3n) is 4.28. The van der Waals surface area contributed by atoms with Crippen LogP contribution in [-0.2, 0) is 19.0 Å². The van der Waals surface area contributed by atoms with Gasteiger partial charge in [0.1, 0.15) is 0 Å². The van der Waals surface area contributed by atoms with Gasteiger partial charge in [-0.3, -0.25) is 0 Å². The van der Waals surface area contributed by atoms with E-state index < -0.39 is 30.9 Å². The lowest BCUT2D eigenvalue weighted by atomic mass is 10.4. The second-order valence-corrected chi connectivity index (χ2v) is 11.0. The van der Waals surface area contributed by atoms with Crippen molar-refractivity contribution >= 4 is 26.3 Å². The first kappa shape index (κ1) is 21.8. The summed E-state index contributed by atoms with van der Waals surface area (Å²) in [5.74, 6) is 0. The molecule has 0 aliphatic carbocycles. The Morgan fingerprint density at radius 1 is 0.733 bits per heavy atom. The molecule has 0 N–H and O–H groups in total. The van der Waals surface area contributed by atoms with Gasteiger partial charge >= 0.3 is 20.9 Å². The maximum absolute atomic E-state index is 16.2. The summed E-state index contributed by atoms with van der Waals surface area (Å²) in [7, 11) is -8.69. The number of hydrogen-bond acceptors (Lipinski definition) is 5. The van der Waals surface area contributed by atoms with Crippen LogP contribution in [0, 0.1) is 0 Å². The normalized spacial score (nSPS) is 12.8. The molecule has 9 heteroatoms. The lowest BCUT2D eigenvalue weighted by molar-refractivity contribution is 0.110. The van der Waals surface area contributed by atoms with Crippen molar-refractivity contribution in [3.05, 3.63) is 91.0 Å². The van der Waals surface area contributed by atoms with Crippen molar-refractivity contribution in [1.82, 2.24) is 0 Å². The van der Waals surface area contributed by atoms with Crippen molar-refractivity contribution in [2.24, 2.45) is 0 Å². The molecule has 0 radical (unpaired) electrons. The highest BCUT2D eigenvalue weighted by Crippen LogP contribution is 2.78. The van der Waals surface area contributed by atoms with Crippen LogP contribution in [0.2, 0.25) is 0 Å². The Bertz CT molecular complexity index is 1010. The first-order valence-corrected chi connectivity index (χ1v) is 11.7. The van der Waals surface area contributed by atoms with E-state index in [-0.39, 0.29) is 14.7 Å². The molecule has 0 heterocycles. The molecule has 3 aromatic carbocycles.